The number of halogens is 1. The van der Waals surface area contributed by atoms with Crippen LogP contribution in [0.5, 0.6) is 11.5 Å². The Balaban J connectivity index is 1.91. The van der Waals surface area contributed by atoms with Gasteiger partial charge in [0.2, 0.25) is 0 Å². The molecule has 5 nitrogen and oxygen atoms in total. The normalized spacial score (nSPS) is 16.8. The first-order valence-electron chi connectivity index (χ1n) is 8.40. The van der Waals surface area contributed by atoms with Crippen LogP contribution in [0.1, 0.15) is 23.6 Å². The van der Waals surface area contributed by atoms with Crippen LogP contribution in [0.15, 0.2) is 40.2 Å². The molecule has 1 amide bonds. The Bertz CT molecular complexity index is 950. The number of phenols is 1. The fourth-order valence-electron chi connectivity index (χ4n) is 2.66. The van der Waals surface area contributed by atoms with Gasteiger partial charge >= 0.3 is 0 Å². The van der Waals surface area contributed by atoms with Crippen molar-refractivity contribution < 1.29 is 14.6 Å². The number of benzene rings is 2. The van der Waals surface area contributed by atoms with Crippen LogP contribution in [0.3, 0.4) is 0 Å². The smallest absolute Gasteiger partial charge is 0.264 e. The van der Waals surface area contributed by atoms with Crippen molar-refractivity contribution in [1.82, 2.24) is 5.32 Å². The van der Waals surface area contributed by atoms with Gasteiger partial charge in [-0.25, -0.2) is 4.99 Å². The van der Waals surface area contributed by atoms with E-state index in [2.05, 4.69) is 10.3 Å². The second-order valence-electron chi connectivity index (χ2n) is 6.00. The minimum absolute atomic E-state index is 0.110. The van der Waals surface area contributed by atoms with E-state index < -0.39 is 0 Å². The van der Waals surface area contributed by atoms with E-state index in [1.54, 1.807) is 18.2 Å². The third-order valence-corrected chi connectivity index (χ3v) is 5.15. The molecular formula is C20H19ClN2O3S. The van der Waals surface area contributed by atoms with Crippen molar-refractivity contribution in [2.45, 2.75) is 20.8 Å². The first-order chi connectivity index (χ1) is 12.9. The van der Waals surface area contributed by atoms with Gasteiger partial charge in [0.15, 0.2) is 16.7 Å². The van der Waals surface area contributed by atoms with Crippen molar-refractivity contribution in [2.75, 3.05) is 6.61 Å². The van der Waals surface area contributed by atoms with E-state index in [1.165, 1.54) is 11.8 Å². The molecule has 3 rings (SSSR count). The topological polar surface area (TPSA) is 70.9 Å². The summed E-state index contributed by atoms with van der Waals surface area (Å²) in [5.41, 5.74) is 3.60. The number of thioether (sulfide) groups is 1. The van der Waals surface area contributed by atoms with Gasteiger partial charge < -0.3 is 15.2 Å². The highest BCUT2D eigenvalue weighted by Gasteiger charge is 2.24. The molecule has 0 spiro atoms. The van der Waals surface area contributed by atoms with Crippen molar-refractivity contribution in [3.8, 4) is 11.5 Å². The Hall–Kier alpha value is -2.44. The van der Waals surface area contributed by atoms with E-state index in [4.69, 9.17) is 16.3 Å². The van der Waals surface area contributed by atoms with E-state index >= 15 is 0 Å². The van der Waals surface area contributed by atoms with Crippen LogP contribution in [0.25, 0.3) is 6.08 Å². The third kappa shape index (κ3) is 4.28. The molecule has 2 aromatic carbocycles. The highest BCUT2D eigenvalue weighted by atomic mass is 35.5. The number of carbonyl (C=O) groups is 1. The summed E-state index contributed by atoms with van der Waals surface area (Å²) in [6.07, 6.45) is 1.70. The molecule has 2 N–H and O–H groups in total. The van der Waals surface area contributed by atoms with Gasteiger partial charge in [-0.3, -0.25) is 4.79 Å². The summed E-state index contributed by atoms with van der Waals surface area (Å²) in [7, 11) is 0. The van der Waals surface area contributed by atoms with Gasteiger partial charge in [0.05, 0.1) is 22.2 Å². The maximum absolute atomic E-state index is 12.3. The number of carbonyl (C=O) groups excluding carboxylic acids is 1. The van der Waals surface area contributed by atoms with E-state index in [9.17, 15) is 9.90 Å². The predicted octanol–water partition coefficient (Wildman–Crippen LogP) is 4.95. The Morgan fingerprint density at radius 1 is 1.30 bits per heavy atom. The number of amidine groups is 1. The molecule has 0 aliphatic carbocycles. The van der Waals surface area contributed by atoms with Crippen LogP contribution >= 0.6 is 23.4 Å². The second kappa shape index (κ2) is 8.06. The molecule has 27 heavy (non-hydrogen) atoms. The minimum Gasteiger partial charge on any atom is -0.503 e. The molecule has 2 aromatic rings. The van der Waals surface area contributed by atoms with E-state index in [-0.39, 0.29) is 22.4 Å². The molecule has 1 aliphatic heterocycles. The monoisotopic (exact) mass is 402 g/mol. The van der Waals surface area contributed by atoms with Crippen molar-refractivity contribution in [1.29, 1.82) is 0 Å². The van der Waals surface area contributed by atoms with Gasteiger partial charge in [0.1, 0.15) is 0 Å². The lowest BCUT2D eigenvalue weighted by Crippen LogP contribution is -2.19. The zero-order chi connectivity index (χ0) is 19.6. The van der Waals surface area contributed by atoms with Crippen LogP contribution in [-0.2, 0) is 4.79 Å². The van der Waals surface area contributed by atoms with Crippen LogP contribution < -0.4 is 10.1 Å². The van der Waals surface area contributed by atoms with Crippen LogP contribution in [0.2, 0.25) is 5.02 Å². The Kier molecular flexibility index (Phi) is 5.77. The van der Waals surface area contributed by atoms with Crippen molar-refractivity contribution in [3.63, 3.8) is 0 Å². The lowest BCUT2D eigenvalue weighted by Gasteiger charge is -2.08. The summed E-state index contributed by atoms with van der Waals surface area (Å²) >= 11 is 7.32. The number of aliphatic imine (C=N–C) groups is 1. The number of aryl methyl sites for hydroxylation is 2. The SMILES string of the molecule is CCOc1cc(/C=C2\SC(=Nc3c(C)cccc3C)NC2=O)cc(Cl)c1O. The molecule has 1 fully saturated rings. The number of phenolic OH excluding ortho intramolecular Hbond substituents is 1. The molecule has 0 atom stereocenters. The maximum Gasteiger partial charge on any atom is 0.264 e. The summed E-state index contributed by atoms with van der Waals surface area (Å²) in [6.45, 7) is 6.18. The van der Waals surface area contributed by atoms with Gasteiger partial charge in [-0.2, -0.15) is 0 Å². The van der Waals surface area contributed by atoms with Gasteiger partial charge in [0, 0.05) is 0 Å². The molecular weight excluding hydrogens is 384 g/mol. The van der Waals surface area contributed by atoms with Crippen LogP contribution in [0.4, 0.5) is 5.69 Å². The second-order valence-corrected chi connectivity index (χ2v) is 7.44. The number of nitrogens with one attached hydrogen (secondary N) is 1. The van der Waals surface area contributed by atoms with E-state index in [0.29, 0.717) is 22.2 Å². The standard InChI is InChI=1S/C20H19ClN2O3S/c1-4-26-15-9-13(8-14(21)18(15)24)10-16-19(25)23-20(27-16)22-17-11(2)6-5-7-12(17)3/h5-10,24H,4H2,1-3H3,(H,22,23,25)/b16-10-. The number of amides is 1. The summed E-state index contributed by atoms with van der Waals surface area (Å²) in [4.78, 5) is 17.4. The maximum atomic E-state index is 12.3. The van der Waals surface area contributed by atoms with E-state index in [1.807, 2.05) is 39.0 Å². The van der Waals surface area contributed by atoms with Crippen molar-refractivity contribution in [2.24, 2.45) is 4.99 Å². The molecule has 0 aromatic heterocycles. The number of nitrogens with zero attached hydrogens (tertiary/aromatic N) is 1. The molecule has 0 saturated carbocycles. The number of ether oxygens (including phenoxy) is 1. The first-order valence-corrected chi connectivity index (χ1v) is 9.59. The molecule has 0 unspecified atom stereocenters. The number of aromatic hydroxyl groups is 1. The van der Waals surface area contributed by atoms with E-state index in [0.717, 1.165) is 16.8 Å². The van der Waals surface area contributed by atoms with Crippen molar-refractivity contribution >= 4 is 46.2 Å². The summed E-state index contributed by atoms with van der Waals surface area (Å²) in [5.74, 6) is -0.0571. The lowest BCUT2D eigenvalue weighted by molar-refractivity contribution is -0.115. The summed E-state index contributed by atoms with van der Waals surface area (Å²) in [5, 5.41) is 13.4. The van der Waals surface area contributed by atoms with Crippen LogP contribution in [0, 0.1) is 13.8 Å². The molecule has 1 heterocycles. The summed E-state index contributed by atoms with van der Waals surface area (Å²) in [6, 6.07) is 9.17. The van der Waals surface area contributed by atoms with Gasteiger partial charge in [-0.05, 0) is 67.4 Å². The number of rotatable bonds is 4. The first kappa shape index (κ1) is 19.3. The zero-order valence-corrected chi connectivity index (χ0v) is 16.7. The fourth-order valence-corrected chi connectivity index (χ4v) is 3.70. The molecule has 0 bridgehead atoms. The molecule has 7 heteroatoms. The Morgan fingerprint density at radius 2 is 2.00 bits per heavy atom. The third-order valence-electron chi connectivity index (χ3n) is 3.95. The highest BCUT2D eigenvalue weighted by Crippen LogP contribution is 2.37. The van der Waals surface area contributed by atoms with Gasteiger partial charge in [-0.15, -0.1) is 0 Å². The van der Waals surface area contributed by atoms with Crippen molar-refractivity contribution in [3.05, 3.63) is 56.9 Å². The predicted molar refractivity (Wildman–Crippen MR) is 111 cm³/mol. The average molecular weight is 403 g/mol. The molecule has 140 valence electrons. The number of para-hydroxylation sites is 1. The number of hydrogen-bond acceptors (Lipinski definition) is 5. The quantitative estimate of drug-likeness (QED) is 0.709. The van der Waals surface area contributed by atoms with Gasteiger partial charge in [0.25, 0.3) is 5.91 Å². The molecule has 1 saturated heterocycles. The Morgan fingerprint density at radius 3 is 2.67 bits per heavy atom. The fraction of sp³-hybridized carbons (Fsp3) is 0.200. The largest absolute Gasteiger partial charge is 0.503 e. The Labute approximate surface area is 167 Å². The lowest BCUT2D eigenvalue weighted by atomic mass is 10.1. The number of hydrogen-bond donors (Lipinski definition) is 2. The van der Waals surface area contributed by atoms with Gasteiger partial charge in [-0.1, -0.05) is 29.8 Å². The molecule has 0 radical (unpaired) electrons. The highest BCUT2D eigenvalue weighted by molar-refractivity contribution is 8.18. The minimum atomic E-state index is -0.229. The summed E-state index contributed by atoms with van der Waals surface area (Å²) < 4.78 is 5.38. The van der Waals surface area contributed by atoms with Crippen LogP contribution in [-0.4, -0.2) is 22.8 Å². The molecule has 1 aliphatic rings. The average Bonchev–Trinajstić information content (AvgIpc) is 2.95. The zero-order valence-electron chi connectivity index (χ0n) is 15.2.